The standard InChI is InChI=1S/C16H21N3OS.C2HF3O2/c1-2-8-20-12-15-16-11-18(10-14-5-3-9-21-14)6-4-7-19(16)13-17-15;3-2(4,5)1(6)7/h2-3,5,9,13H,1,4,6-8,10-12H2;(H,6,7). The third-order valence-electron chi connectivity index (χ3n) is 3.96. The molecule has 0 bridgehead atoms. The third kappa shape index (κ3) is 6.77. The van der Waals surface area contributed by atoms with Crippen LogP contribution in [0.5, 0.6) is 0 Å². The van der Waals surface area contributed by atoms with E-state index in [4.69, 9.17) is 14.6 Å². The first kappa shape index (κ1) is 22.1. The Morgan fingerprint density at radius 3 is 2.79 bits per heavy atom. The van der Waals surface area contributed by atoms with Crippen LogP contribution in [0.1, 0.15) is 22.7 Å². The SMILES string of the molecule is C=CCOCc1ncn2c1CN(Cc1cccs1)CCC2.O=C(O)C(F)(F)F. The first-order valence-electron chi connectivity index (χ1n) is 8.57. The molecule has 0 saturated heterocycles. The van der Waals surface area contributed by atoms with Crippen LogP contribution in [0.3, 0.4) is 0 Å². The van der Waals surface area contributed by atoms with Gasteiger partial charge in [-0.3, -0.25) is 4.90 Å². The molecule has 0 aliphatic carbocycles. The van der Waals surface area contributed by atoms with Gasteiger partial charge in [-0.15, -0.1) is 17.9 Å². The predicted molar refractivity (Wildman–Crippen MR) is 98.8 cm³/mol. The van der Waals surface area contributed by atoms with Gasteiger partial charge in [0.25, 0.3) is 0 Å². The molecule has 0 fully saturated rings. The number of aryl methyl sites for hydroxylation is 1. The van der Waals surface area contributed by atoms with Crippen molar-refractivity contribution in [3.63, 3.8) is 0 Å². The maximum atomic E-state index is 10.6. The fourth-order valence-corrected chi connectivity index (χ4v) is 3.44. The lowest BCUT2D eigenvalue weighted by Crippen LogP contribution is -2.23. The number of hydrogen-bond acceptors (Lipinski definition) is 5. The second-order valence-corrected chi connectivity index (χ2v) is 7.11. The first-order chi connectivity index (χ1) is 13.3. The molecular formula is C18H22F3N3O3S. The molecule has 3 rings (SSSR count). The number of halogens is 3. The van der Waals surface area contributed by atoms with Crippen molar-refractivity contribution in [2.45, 2.75) is 38.8 Å². The Morgan fingerprint density at radius 2 is 2.18 bits per heavy atom. The number of aromatic nitrogens is 2. The lowest BCUT2D eigenvalue weighted by Gasteiger charge is -2.19. The summed E-state index contributed by atoms with van der Waals surface area (Å²) in [6.45, 7) is 8.97. The highest BCUT2D eigenvalue weighted by Crippen LogP contribution is 2.20. The van der Waals surface area contributed by atoms with Crippen molar-refractivity contribution in [2.75, 3.05) is 13.2 Å². The minimum Gasteiger partial charge on any atom is -0.475 e. The summed E-state index contributed by atoms with van der Waals surface area (Å²) in [5.74, 6) is -2.76. The summed E-state index contributed by atoms with van der Waals surface area (Å²) < 4.78 is 39.6. The van der Waals surface area contributed by atoms with Gasteiger partial charge in [0.1, 0.15) is 0 Å². The van der Waals surface area contributed by atoms with E-state index in [1.807, 2.05) is 17.7 Å². The minimum absolute atomic E-state index is 0.571. The van der Waals surface area contributed by atoms with Crippen molar-refractivity contribution in [1.82, 2.24) is 14.5 Å². The number of carboxylic acids is 1. The van der Waals surface area contributed by atoms with Gasteiger partial charge in [0.15, 0.2) is 0 Å². The van der Waals surface area contributed by atoms with Crippen LogP contribution in [-0.2, 0) is 35.8 Å². The van der Waals surface area contributed by atoms with E-state index in [1.54, 1.807) is 6.08 Å². The van der Waals surface area contributed by atoms with Gasteiger partial charge in [0.05, 0.1) is 30.9 Å². The highest BCUT2D eigenvalue weighted by molar-refractivity contribution is 7.09. The van der Waals surface area contributed by atoms with Gasteiger partial charge >= 0.3 is 12.1 Å². The third-order valence-corrected chi connectivity index (χ3v) is 4.82. The molecule has 1 aliphatic rings. The lowest BCUT2D eigenvalue weighted by atomic mass is 10.3. The molecule has 2 aromatic rings. The van der Waals surface area contributed by atoms with E-state index < -0.39 is 12.1 Å². The molecule has 28 heavy (non-hydrogen) atoms. The Bertz CT molecular complexity index is 760. The van der Waals surface area contributed by atoms with Gasteiger partial charge in [-0.1, -0.05) is 12.1 Å². The fraction of sp³-hybridized carbons (Fsp3) is 0.444. The second kappa shape index (κ2) is 10.4. The molecule has 154 valence electrons. The van der Waals surface area contributed by atoms with Gasteiger partial charge in [-0.2, -0.15) is 13.2 Å². The average molecular weight is 417 g/mol. The number of thiophene rings is 1. The van der Waals surface area contributed by atoms with Crippen molar-refractivity contribution in [2.24, 2.45) is 0 Å². The molecule has 0 aromatic carbocycles. The van der Waals surface area contributed by atoms with Crippen LogP contribution < -0.4 is 0 Å². The normalized spacial score (nSPS) is 14.5. The summed E-state index contributed by atoms with van der Waals surface area (Å²) in [6.07, 6.45) is -0.184. The largest absolute Gasteiger partial charge is 0.490 e. The number of carbonyl (C=O) groups is 1. The monoisotopic (exact) mass is 417 g/mol. The van der Waals surface area contributed by atoms with Crippen molar-refractivity contribution in [3.8, 4) is 0 Å². The van der Waals surface area contributed by atoms with E-state index in [-0.39, 0.29) is 0 Å². The van der Waals surface area contributed by atoms with Gasteiger partial charge in [0.2, 0.25) is 0 Å². The summed E-state index contributed by atoms with van der Waals surface area (Å²) >= 11 is 1.83. The topological polar surface area (TPSA) is 67.6 Å². The van der Waals surface area contributed by atoms with E-state index in [1.165, 1.54) is 17.0 Å². The smallest absolute Gasteiger partial charge is 0.475 e. The predicted octanol–water partition coefficient (Wildman–Crippen LogP) is 3.69. The van der Waals surface area contributed by atoms with E-state index in [2.05, 4.69) is 38.5 Å². The van der Waals surface area contributed by atoms with Crippen molar-refractivity contribution >= 4 is 17.3 Å². The highest BCUT2D eigenvalue weighted by atomic mass is 32.1. The van der Waals surface area contributed by atoms with Crippen LogP contribution in [0, 0.1) is 0 Å². The molecule has 3 heterocycles. The van der Waals surface area contributed by atoms with Crippen LogP contribution in [-0.4, -0.2) is 44.9 Å². The Balaban J connectivity index is 0.000000345. The summed E-state index contributed by atoms with van der Waals surface area (Å²) in [5.41, 5.74) is 2.36. The zero-order valence-electron chi connectivity index (χ0n) is 15.2. The molecule has 0 atom stereocenters. The zero-order valence-corrected chi connectivity index (χ0v) is 16.0. The Kier molecular flexibility index (Phi) is 8.21. The molecule has 1 N–H and O–H groups in total. The number of fused-ring (bicyclic) bond motifs is 1. The number of carboxylic acid groups (broad SMARTS) is 1. The number of imidazole rings is 1. The lowest BCUT2D eigenvalue weighted by molar-refractivity contribution is -0.192. The quantitative estimate of drug-likeness (QED) is 0.574. The second-order valence-electron chi connectivity index (χ2n) is 6.08. The maximum Gasteiger partial charge on any atom is 0.490 e. The number of rotatable bonds is 6. The Morgan fingerprint density at radius 1 is 1.43 bits per heavy atom. The molecule has 0 radical (unpaired) electrons. The van der Waals surface area contributed by atoms with Crippen molar-refractivity contribution in [3.05, 3.63) is 52.8 Å². The molecular weight excluding hydrogens is 395 g/mol. The van der Waals surface area contributed by atoms with E-state index >= 15 is 0 Å². The molecule has 10 heteroatoms. The fourth-order valence-electron chi connectivity index (χ4n) is 2.70. The summed E-state index contributed by atoms with van der Waals surface area (Å²) in [4.78, 5) is 17.3. The van der Waals surface area contributed by atoms with Crippen LogP contribution in [0.2, 0.25) is 0 Å². The number of nitrogens with zero attached hydrogens (tertiary/aromatic N) is 3. The van der Waals surface area contributed by atoms with Gasteiger partial charge in [0, 0.05) is 31.1 Å². The number of hydrogen-bond donors (Lipinski definition) is 1. The van der Waals surface area contributed by atoms with E-state index in [0.29, 0.717) is 13.2 Å². The maximum absolute atomic E-state index is 10.6. The molecule has 2 aromatic heterocycles. The molecule has 1 aliphatic heterocycles. The van der Waals surface area contributed by atoms with Crippen LogP contribution in [0.25, 0.3) is 0 Å². The average Bonchev–Trinajstić information content (AvgIpc) is 3.21. The molecule has 0 saturated carbocycles. The van der Waals surface area contributed by atoms with Gasteiger partial charge in [-0.05, 0) is 17.9 Å². The number of ether oxygens (including phenoxy) is 1. The van der Waals surface area contributed by atoms with E-state index in [9.17, 15) is 13.2 Å². The van der Waals surface area contributed by atoms with Crippen molar-refractivity contribution in [1.29, 1.82) is 0 Å². The molecule has 0 amide bonds. The zero-order chi connectivity index (χ0) is 20.6. The molecule has 6 nitrogen and oxygen atoms in total. The Hall–Kier alpha value is -2.17. The number of alkyl halides is 3. The van der Waals surface area contributed by atoms with Crippen molar-refractivity contribution < 1.29 is 27.8 Å². The summed E-state index contributed by atoms with van der Waals surface area (Å²) in [7, 11) is 0. The van der Waals surface area contributed by atoms with E-state index in [0.717, 1.165) is 31.9 Å². The minimum atomic E-state index is -5.08. The van der Waals surface area contributed by atoms with Gasteiger partial charge in [-0.25, -0.2) is 9.78 Å². The Labute approximate surface area is 164 Å². The molecule has 0 unspecified atom stereocenters. The number of aliphatic carboxylic acids is 1. The van der Waals surface area contributed by atoms with Crippen LogP contribution in [0.4, 0.5) is 13.2 Å². The highest BCUT2D eigenvalue weighted by Gasteiger charge is 2.38. The van der Waals surface area contributed by atoms with Crippen LogP contribution >= 0.6 is 11.3 Å². The summed E-state index contributed by atoms with van der Waals surface area (Å²) in [6, 6.07) is 4.33. The molecule has 0 spiro atoms. The summed E-state index contributed by atoms with van der Waals surface area (Å²) in [5, 5.41) is 9.27. The first-order valence-corrected chi connectivity index (χ1v) is 9.45. The van der Waals surface area contributed by atoms with Crippen LogP contribution in [0.15, 0.2) is 36.5 Å². The van der Waals surface area contributed by atoms with Gasteiger partial charge < -0.3 is 14.4 Å².